The summed E-state index contributed by atoms with van der Waals surface area (Å²) in [6, 6.07) is 0. The zero-order chi connectivity index (χ0) is 19.8. The van der Waals surface area contributed by atoms with Crippen LogP contribution in [-0.2, 0) is 14.3 Å². The normalized spacial score (nSPS) is 13.1. The lowest BCUT2D eigenvalue weighted by Crippen LogP contribution is -2.45. The maximum absolute atomic E-state index is 11.9. The van der Waals surface area contributed by atoms with Crippen LogP contribution in [-0.4, -0.2) is 50.2 Å². The first-order valence-electron chi connectivity index (χ1n) is 10.1. The van der Waals surface area contributed by atoms with Gasteiger partial charge in [-0.15, -0.1) is 0 Å². The second-order valence-electron chi connectivity index (χ2n) is 8.13. The number of rotatable bonds is 16. The molecule has 0 aromatic carbocycles. The summed E-state index contributed by atoms with van der Waals surface area (Å²) >= 11 is 0. The molecule has 0 saturated heterocycles. The van der Waals surface area contributed by atoms with Gasteiger partial charge in [0.25, 0.3) is 0 Å². The van der Waals surface area contributed by atoms with Gasteiger partial charge < -0.3 is 19.1 Å². The van der Waals surface area contributed by atoms with E-state index in [1.165, 1.54) is 57.4 Å². The number of hydrogen-bond donors (Lipinski definition) is 0. The zero-order valence-electron chi connectivity index (χ0n) is 17.3. The summed E-state index contributed by atoms with van der Waals surface area (Å²) < 4.78 is 5.79. The van der Waals surface area contributed by atoms with Crippen LogP contribution in [0.25, 0.3) is 0 Å². The Morgan fingerprint density at radius 1 is 0.962 bits per heavy atom. The van der Waals surface area contributed by atoms with Crippen LogP contribution in [0.3, 0.4) is 0 Å². The molecule has 0 aliphatic rings. The van der Waals surface area contributed by atoms with E-state index in [-0.39, 0.29) is 6.42 Å². The molecule has 0 radical (unpaired) electrons. The third-order valence-electron chi connectivity index (χ3n) is 4.16. The van der Waals surface area contributed by atoms with Crippen LogP contribution in [0.15, 0.2) is 12.2 Å². The number of hydrogen-bond acceptors (Lipinski definition) is 4. The Labute approximate surface area is 160 Å². The van der Waals surface area contributed by atoms with E-state index in [1.54, 1.807) is 0 Å². The number of esters is 1. The van der Waals surface area contributed by atoms with Crippen molar-refractivity contribution in [3.05, 3.63) is 12.2 Å². The number of quaternary nitrogens is 1. The summed E-state index contributed by atoms with van der Waals surface area (Å²) in [4.78, 5) is 22.7. The number of likely N-dealkylation sites (N-methyl/N-ethyl adjacent to an activating group) is 1. The molecule has 0 aliphatic carbocycles. The Balaban J connectivity index is 3.87. The van der Waals surface area contributed by atoms with E-state index in [2.05, 4.69) is 6.92 Å². The Bertz CT molecular complexity index is 413. The molecule has 0 aliphatic heterocycles. The van der Waals surface area contributed by atoms with Crippen LogP contribution in [0.5, 0.6) is 0 Å². The second-order valence-corrected chi connectivity index (χ2v) is 8.13. The first kappa shape index (κ1) is 24.6. The second kappa shape index (κ2) is 14.8. The van der Waals surface area contributed by atoms with Crippen LogP contribution >= 0.6 is 0 Å². The number of carbonyl (C=O) groups is 2. The maximum Gasteiger partial charge on any atom is 0.330 e. The molecule has 0 heterocycles. The summed E-state index contributed by atoms with van der Waals surface area (Å²) in [6.07, 6.45) is 14.6. The number of carboxylic acids is 1. The maximum atomic E-state index is 11.9. The van der Waals surface area contributed by atoms with Crippen molar-refractivity contribution in [2.45, 2.75) is 83.7 Å². The minimum Gasteiger partial charge on any atom is -0.550 e. The van der Waals surface area contributed by atoms with E-state index >= 15 is 0 Å². The van der Waals surface area contributed by atoms with E-state index in [0.717, 1.165) is 12.8 Å². The highest BCUT2D eigenvalue weighted by molar-refractivity contribution is 5.82. The van der Waals surface area contributed by atoms with Crippen molar-refractivity contribution < 1.29 is 23.9 Å². The predicted molar refractivity (Wildman–Crippen MR) is 103 cm³/mol. The van der Waals surface area contributed by atoms with Gasteiger partial charge in [0.15, 0.2) is 6.10 Å². The zero-order valence-corrected chi connectivity index (χ0v) is 17.3. The minimum atomic E-state index is -1.20. The summed E-state index contributed by atoms with van der Waals surface area (Å²) in [5.74, 6) is -1.67. The molecular weight excluding hydrogens is 330 g/mol. The molecule has 5 nitrogen and oxygen atoms in total. The fourth-order valence-electron chi connectivity index (χ4n) is 2.90. The van der Waals surface area contributed by atoms with Gasteiger partial charge in [0, 0.05) is 18.5 Å². The average molecular weight is 370 g/mol. The van der Waals surface area contributed by atoms with Crippen LogP contribution in [0.4, 0.5) is 0 Å². The van der Waals surface area contributed by atoms with Gasteiger partial charge in [-0.25, -0.2) is 4.79 Å². The number of allylic oxidation sites excluding steroid dienone is 1. The number of aliphatic carboxylic acids is 1. The first-order valence-corrected chi connectivity index (χ1v) is 10.1. The van der Waals surface area contributed by atoms with Gasteiger partial charge in [0.05, 0.1) is 21.1 Å². The van der Waals surface area contributed by atoms with Gasteiger partial charge >= 0.3 is 5.97 Å². The smallest absolute Gasteiger partial charge is 0.330 e. The third-order valence-corrected chi connectivity index (χ3v) is 4.16. The highest BCUT2D eigenvalue weighted by Crippen LogP contribution is 2.11. The van der Waals surface area contributed by atoms with Gasteiger partial charge in [-0.2, -0.15) is 0 Å². The third kappa shape index (κ3) is 17.5. The Kier molecular flexibility index (Phi) is 14.0. The fourth-order valence-corrected chi connectivity index (χ4v) is 2.90. The van der Waals surface area contributed by atoms with Crippen molar-refractivity contribution >= 4 is 11.9 Å². The van der Waals surface area contributed by atoms with Gasteiger partial charge in [-0.05, 0) is 12.8 Å². The molecule has 26 heavy (non-hydrogen) atoms. The van der Waals surface area contributed by atoms with Crippen molar-refractivity contribution in [2.75, 3.05) is 27.7 Å². The quantitative estimate of drug-likeness (QED) is 0.181. The largest absolute Gasteiger partial charge is 0.550 e. The Hall–Kier alpha value is -1.36. The summed E-state index contributed by atoms with van der Waals surface area (Å²) in [5.41, 5.74) is 0. The molecule has 152 valence electrons. The number of carboxylic acid groups (broad SMARTS) is 1. The molecule has 0 amide bonds. The topological polar surface area (TPSA) is 66.4 Å². The SMILES string of the molecule is CCCCCCCCCCC/C=C/C(=O)O[C@H](CC(=O)[O-])C[N+](C)(C)C. The summed E-state index contributed by atoms with van der Waals surface area (Å²) in [5, 5.41) is 10.8. The molecule has 5 heteroatoms. The molecule has 0 bridgehead atoms. The molecule has 0 N–H and O–H groups in total. The van der Waals surface area contributed by atoms with Gasteiger partial charge in [-0.1, -0.05) is 64.4 Å². The Morgan fingerprint density at radius 3 is 2.00 bits per heavy atom. The van der Waals surface area contributed by atoms with Crippen molar-refractivity contribution in [1.82, 2.24) is 0 Å². The van der Waals surface area contributed by atoms with Crippen LogP contribution in [0.2, 0.25) is 0 Å². The number of nitrogens with zero attached hydrogens (tertiary/aromatic N) is 1. The van der Waals surface area contributed by atoms with Crippen molar-refractivity contribution in [3.63, 3.8) is 0 Å². The lowest BCUT2D eigenvalue weighted by Gasteiger charge is -2.29. The van der Waals surface area contributed by atoms with E-state index in [9.17, 15) is 14.7 Å². The molecule has 0 spiro atoms. The van der Waals surface area contributed by atoms with Crippen LogP contribution in [0, 0.1) is 0 Å². The summed E-state index contributed by atoms with van der Waals surface area (Å²) in [7, 11) is 5.78. The molecule has 0 rings (SSSR count). The van der Waals surface area contributed by atoms with E-state index in [4.69, 9.17) is 4.74 Å². The Morgan fingerprint density at radius 2 is 1.50 bits per heavy atom. The molecule has 0 aromatic heterocycles. The number of unbranched alkanes of at least 4 members (excludes halogenated alkanes) is 9. The van der Waals surface area contributed by atoms with E-state index in [1.807, 2.05) is 27.2 Å². The molecular formula is C21H39NO4. The van der Waals surface area contributed by atoms with E-state index < -0.39 is 18.0 Å². The molecule has 1 atom stereocenters. The van der Waals surface area contributed by atoms with Gasteiger partial charge in [0.2, 0.25) is 0 Å². The lowest BCUT2D eigenvalue weighted by atomic mass is 10.1. The van der Waals surface area contributed by atoms with Crippen molar-refractivity contribution in [3.8, 4) is 0 Å². The van der Waals surface area contributed by atoms with Crippen LogP contribution in [0.1, 0.15) is 77.6 Å². The lowest BCUT2D eigenvalue weighted by molar-refractivity contribution is -0.873. The van der Waals surface area contributed by atoms with Crippen LogP contribution < -0.4 is 5.11 Å². The standard InChI is InChI=1S/C21H39NO4/c1-5-6-7-8-9-10-11-12-13-14-15-16-21(25)26-19(17-20(23)24)18-22(2,3)4/h15-16,19H,5-14,17-18H2,1-4H3/b16-15+/t19-/m1/s1. The van der Waals surface area contributed by atoms with Gasteiger partial charge in [0.1, 0.15) is 6.54 Å². The highest BCUT2D eigenvalue weighted by Gasteiger charge is 2.21. The predicted octanol–water partition coefficient (Wildman–Crippen LogP) is 3.22. The first-order chi connectivity index (χ1) is 12.2. The average Bonchev–Trinajstić information content (AvgIpc) is 2.50. The molecule has 0 unspecified atom stereocenters. The van der Waals surface area contributed by atoms with E-state index in [0.29, 0.717) is 11.0 Å². The molecule has 0 fully saturated rings. The number of carbonyl (C=O) groups excluding carboxylic acids is 2. The van der Waals surface area contributed by atoms with Crippen molar-refractivity contribution in [2.24, 2.45) is 0 Å². The molecule has 0 aromatic rings. The van der Waals surface area contributed by atoms with Crippen molar-refractivity contribution in [1.29, 1.82) is 0 Å². The van der Waals surface area contributed by atoms with Gasteiger partial charge in [-0.3, -0.25) is 0 Å². The summed E-state index contributed by atoms with van der Waals surface area (Å²) in [6.45, 7) is 2.67. The molecule has 0 saturated carbocycles. The highest BCUT2D eigenvalue weighted by atomic mass is 16.5. The monoisotopic (exact) mass is 369 g/mol. The minimum absolute atomic E-state index is 0.270. The fraction of sp³-hybridized carbons (Fsp3) is 0.810. The number of ether oxygens (including phenoxy) is 1.